The number of imide groups is 2. The number of aromatic hydroxyl groups is 1. The van der Waals surface area contributed by atoms with Gasteiger partial charge in [0.25, 0.3) is 11.5 Å². The Hall–Kier alpha value is -4.64. The second-order valence-corrected chi connectivity index (χ2v) is 11.3. The molecule has 3 atom stereocenters. The highest BCUT2D eigenvalue weighted by Crippen LogP contribution is 2.40. The molecule has 3 aromatic rings. The fraction of sp³-hybridized carbons (Fsp3) is 0.355. The number of anilines is 1. The Kier molecular flexibility index (Phi) is 6.97. The van der Waals surface area contributed by atoms with E-state index in [2.05, 4.69) is 10.2 Å². The summed E-state index contributed by atoms with van der Waals surface area (Å²) in [6.45, 7) is 1.78. The van der Waals surface area contributed by atoms with Crippen LogP contribution in [0.5, 0.6) is 17.2 Å². The summed E-state index contributed by atoms with van der Waals surface area (Å²) < 4.78 is 12.3. The SMILES string of the molecule is COc1ccc(N2C(=O)NC(=O)[C@@](Cc3ccc(O)c(OC)c3)(CN3C[C@@H]4C[C@H](C3)c3cccc(=O)n3C4)C2=O)cc1. The van der Waals surface area contributed by atoms with Gasteiger partial charge in [0.1, 0.15) is 11.2 Å². The number of pyridine rings is 1. The van der Waals surface area contributed by atoms with Crippen LogP contribution in [0.15, 0.2) is 65.5 Å². The van der Waals surface area contributed by atoms with E-state index in [-0.39, 0.29) is 41.9 Å². The molecule has 2 bridgehead atoms. The fourth-order valence-electron chi connectivity index (χ4n) is 6.68. The van der Waals surface area contributed by atoms with Crippen molar-refractivity contribution in [1.29, 1.82) is 0 Å². The van der Waals surface area contributed by atoms with Gasteiger partial charge in [0.2, 0.25) is 5.91 Å². The van der Waals surface area contributed by atoms with E-state index in [4.69, 9.17) is 9.47 Å². The van der Waals surface area contributed by atoms with Crippen LogP contribution in [0.4, 0.5) is 10.5 Å². The number of amides is 4. The van der Waals surface area contributed by atoms with Gasteiger partial charge in [-0.05, 0) is 66.8 Å². The third-order valence-electron chi connectivity index (χ3n) is 8.60. The number of phenolic OH excluding ortho intramolecular Hbond substituents is 1. The first-order valence-corrected chi connectivity index (χ1v) is 13.8. The monoisotopic (exact) mass is 572 g/mol. The van der Waals surface area contributed by atoms with Crippen molar-refractivity contribution in [3.8, 4) is 17.2 Å². The number of nitrogens with one attached hydrogen (secondary N) is 1. The van der Waals surface area contributed by atoms with Crippen LogP contribution < -0.4 is 25.2 Å². The van der Waals surface area contributed by atoms with Crippen LogP contribution >= 0.6 is 0 Å². The van der Waals surface area contributed by atoms with Gasteiger partial charge in [-0.15, -0.1) is 0 Å². The summed E-state index contributed by atoms with van der Waals surface area (Å²) in [7, 11) is 2.94. The molecule has 0 radical (unpaired) electrons. The number of aromatic nitrogens is 1. The van der Waals surface area contributed by atoms with Crippen molar-refractivity contribution in [2.45, 2.75) is 25.3 Å². The Labute approximate surface area is 242 Å². The lowest BCUT2D eigenvalue weighted by Crippen LogP contribution is -2.68. The van der Waals surface area contributed by atoms with Gasteiger partial charge in [0, 0.05) is 43.9 Å². The van der Waals surface area contributed by atoms with Crippen molar-refractivity contribution < 1.29 is 29.0 Å². The van der Waals surface area contributed by atoms with E-state index >= 15 is 0 Å². The Bertz CT molecular complexity index is 1620. The minimum Gasteiger partial charge on any atom is -0.504 e. The lowest BCUT2D eigenvalue weighted by atomic mass is 9.75. The van der Waals surface area contributed by atoms with E-state index in [0.717, 1.165) is 17.0 Å². The molecule has 218 valence electrons. The Morgan fingerprint density at radius 3 is 2.48 bits per heavy atom. The number of benzene rings is 2. The van der Waals surface area contributed by atoms with Crippen LogP contribution in [-0.2, 0) is 22.6 Å². The first kappa shape index (κ1) is 27.5. The number of nitrogens with zero attached hydrogens (tertiary/aromatic N) is 3. The molecule has 3 aliphatic rings. The number of hydrogen-bond donors (Lipinski definition) is 2. The molecule has 2 fully saturated rings. The molecular formula is C31H32N4O7. The lowest BCUT2D eigenvalue weighted by molar-refractivity contribution is -0.144. The number of barbiturate groups is 1. The van der Waals surface area contributed by atoms with Crippen molar-refractivity contribution in [3.63, 3.8) is 0 Å². The van der Waals surface area contributed by atoms with Crippen molar-refractivity contribution in [3.05, 3.63) is 82.3 Å². The molecule has 6 rings (SSSR count). The minimum absolute atomic E-state index is 0.0242. The number of ether oxygens (including phenoxy) is 2. The number of hydrogen-bond acceptors (Lipinski definition) is 8. The van der Waals surface area contributed by atoms with E-state index in [1.165, 1.54) is 20.3 Å². The zero-order chi connectivity index (χ0) is 29.6. The average Bonchev–Trinajstić information content (AvgIpc) is 2.98. The summed E-state index contributed by atoms with van der Waals surface area (Å²) in [6.07, 6.45) is 0.884. The lowest BCUT2D eigenvalue weighted by Gasteiger charge is -2.47. The van der Waals surface area contributed by atoms with Gasteiger partial charge in [0.15, 0.2) is 11.5 Å². The highest BCUT2D eigenvalue weighted by atomic mass is 16.5. The average molecular weight is 573 g/mol. The minimum atomic E-state index is -1.67. The van der Waals surface area contributed by atoms with Crippen molar-refractivity contribution in [2.24, 2.45) is 11.3 Å². The third-order valence-corrected chi connectivity index (χ3v) is 8.60. The summed E-state index contributed by atoms with van der Waals surface area (Å²) in [4.78, 5) is 57.1. The second-order valence-electron chi connectivity index (χ2n) is 11.3. The van der Waals surface area contributed by atoms with Crippen molar-refractivity contribution >= 4 is 23.5 Å². The van der Waals surface area contributed by atoms with Crippen LogP contribution in [-0.4, -0.2) is 66.3 Å². The highest BCUT2D eigenvalue weighted by molar-refractivity contribution is 6.30. The molecule has 42 heavy (non-hydrogen) atoms. The van der Waals surface area contributed by atoms with Crippen LogP contribution in [0.2, 0.25) is 0 Å². The summed E-state index contributed by atoms with van der Waals surface area (Å²) in [5.41, 5.74) is 0.158. The van der Waals surface area contributed by atoms with Gasteiger partial charge >= 0.3 is 6.03 Å². The number of carbonyl (C=O) groups is 3. The summed E-state index contributed by atoms with van der Waals surface area (Å²) in [6, 6.07) is 15.7. The van der Waals surface area contributed by atoms with E-state index in [1.807, 2.05) is 10.6 Å². The van der Waals surface area contributed by atoms with Crippen LogP contribution in [0.25, 0.3) is 0 Å². The first-order chi connectivity index (χ1) is 20.2. The Balaban J connectivity index is 1.39. The van der Waals surface area contributed by atoms with Crippen molar-refractivity contribution in [2.75, 3.05) is 38.8 Å². The summed E-state index contributed by atoms with van der Waals surface area (Å²) in [5, 5.41) is 12.6. The molecule has 11 heteroatoms. The van der Waals surface area contributed by atoms with Gasteiger partial charge in [-0.3, -0.25) is 19.7 Å². The molecule has 4 amide bonds. The summed E-state index contributed by atoms with van der Waals surface area (Å²) >= 11 is 0. The number of phenols is 1. The van der Waals surface area contributed by atoms with Crippen LogP contribution in [0, 0.1) is 11.3 Å². The molecule has 0 spiro atoms. The standard InChI is InChI=1S/C31H32N4O7/c1-41-23-9-7-22(8-10-23)35-29(39)31(28(38)32-30(35)40,14-19-6-11-25(36)26(13-19)42-2)18-33-15-20-12-21(17-33)24-4-3-5-27(37)34(24)16-20/h3-11,13,20-21,36H,12,14-18H2,1-2H3,(H,32,38,40)/t20-,21+,31+/m0/s1. The number of urea groups is 1. The molecule has 3 aliphatic heterocycles. The zero-order valence-electron chi connectivity index (χ0n) is 23.4. The number of carbonyl (C=O) groups excluding carboxylic acids is 3. The maximum Gasteiger partial charge on any atom is 0.335 e. The van der Waals surface area contributed by atoms with Crippen molar-refractivity contribution in [1.82, 2.24) is 14.8 Å². The van der Waals surface area contributed by atoms with E-state index in [9.17, 15) is 24.3 Å². The number of fused-ring (bicyclic) bond motifs is 4. The van der Waals surface area contributed by atoms with Gasteiger partial charge in [-0.2, -0.15) is 0 Å². The number of piperidine rings is 1. The van der Waals surface area contributed by atoms with Gasteiger partial charge in [-0.1, -0.05) is 12.1 Å². The van der Waals surface area contributed by atoms with Gasteiger partial charge in [-0.25, -0.2) is 9.69 Å². The molecular weight excluding hydrogens is 540 g/mol. The third kappa shape index (κ3) is 4.69. The number of rotatable bonds is 7. The maximum atomic E-state index is 14.5. The topological polar surface area (TPSA) is 130 Å². The molecule has 2 N–H and O–H groups in total. The highest BCUT2D eigenvalue weighted by Gasteiger charge is 2.56. The van der Waals surface area contributed by atoms with E-state index < -0.39 is 23.3 Å². The Morgan fingerprint density at radius 1 is 0.952 bits per heavy atom. The largest absolute Gasteiger partial charge is 0.504 e. The second kappa shape index (κ2) is 10.6. The quantitative estimate of drug-likeness (QED) is 0.413. The molecule has 0 saturated carbocycles. The molecule has 2 aromatic carbocycles. The number of likely N-dealkylation sites (tertiary alicyclic amines) is 1. The maximum absolute atomic E-state index is 14.5. The van der Waals surface area contributed by atoms with Crippen LogP contribution in [0.1, 0.15) is 23.6 Å². The van der Waals surface area contributed by atoms with Gasteiger partial charge < -0.3 is 24.0 Å². The number of methoxy groups -OCH3 is 2. The smallest absolute Gasteiger partial charge is 0.335 e. The first-order valence-electron chi connectivity index (χ1n) is 13.8. The Morgan fingerprint density at radius 2 is 1.74 bits per heavy atom. The predicted molar refractivity (Wildman–Crippen MR) is 153 cm³/mol. The van der Waals surface area contributed by atoms with Gasteiger partial charge in [0.05, 0.1) is 19.9 Å². The molecule has 11 nitrogen and oxygen atoms in total. The van der Waals surface area contributed by atoms with E-state index in [0.29, 0.717) is 36.6 Å². The molecule has 0 aliphatic carbocycles. The van der Waals surface area contributed by atoms with E-state index in [1.54, 1.807) is 48.5 Å². The van der Waals surface area contributed by atoms with Crippen LogP contribution in [0.3, 0.4) is 0 Å². The normalized spacial score (nSPS) is 23.8. The molecule has 4 heterocycles. The summed E-state index contributed by atoms with van der Waals surface area (Å²) in [5.74, 6) is -0.378. The predicted octanol–water partition coefficient (Wildman–Crippen LogP) is 2.50. The molecule has 1 aromatic heterocycles. The zero-order valence-corrected chi connectivity index (χ0v) is 23.4. The molecule has 0 unspecified atom stereocenters. The fourth-order valence-corrected chi connectivity index (χ4v) is 6.68. The molecule has 2 saturated heterocycles.